The van der Waals surface area contributed by atoms with Crippen LogP contribution in [0.15, 0.2) is 34.7 Å². The van der Waals surface area contributed by atoms with Crippen LogP contribution in [0.2, 0.25) is 0 Å². The van der Waals surface area contributed by atoms with Crippen molar-refractivity contribution in [1.82, 2.24) is 9.97 Å². The van der Waals surface area contributed by atoms with Gasteiger partial charge in [-0.05, 0) is 43.4 Å². The van der Waals surface area contributed by atoms with Crippen LogP contribution in [0.4, 0.5) is 32.2 Å². The zero-order chi connectivity index (χ0) is 22.8. The Hall–Kier alpha value is -3.29. The van der Waals surface area contributed by atoms with Crippen molar-refractivity contribution in [3.63, 3.8) is 0 Å². The number of hydrogen-bond donors (Lipinski definition) is 0. The van der Waals surface area contributed by atoms with Gasteiger partial charge in [-0.3, -0.25) is 0 Å². The predicted octanol–water partition coefficient (Wildman–Crippen LogP) is 5.86. The van der Waals surface area contributed by atoms with Gasteiger partial charge in [0.05, 0.1) is 5.56 Å². The van der Waals surface area contributed by atoms with E-state index < -0.39 is 41.0 Å². The Morgan fingerprint density at radius 1 is 1.03 bits per heavy atom. The minimum atomic E-state index is -5.16. The van der Waals surface area contributed by atoms with E-state index >= 15 is 0 Å². The highest BCUT2D eigenvalue weighted by Gasteiger charge is 2.51. The van der Waals surface area contributed by atoms with E-state index in [1.54, 1.807) is 24.3 Å². The van der Waals surface area contributed by atoms with Gasteiger partial charge in [0.15, 0.2) is 5.58 Å². The topological polar surface area (TPSA) is 66.0 Å². The predicted molar refractivity (Wildman–Crippen MR) is 99.3 cm³/mol. The molecule has 1 aliphatic carbocycles. The summed E-state index contributed by atoms with van der Waals surface area (Å²) in [6, 6.07) is 7.09. The standard InChI is InChI=1S/C21H14F6N4O/c22-20(23,24)13-8-16(21(25,26)27)30-18(12(13)9-28)31-11-6-5-10(7-11)17(31)19-29-14-3-1-2-4-15(14)32-19/h1-4,8,10-11,17H,5-7H2/t10-,11+,17-/m0/s1. The van der Waals surface area contributed by atoms with Crippen LogP contribution in [0.3, 0.4) is 0 Å². The number of halogens is 6. The van der Waals surface area contributed by atoms with E-state index in [-0.39, 0.29) is 23.9 Å². The molecule has 32 heavy (non-hydrogen) atoms. The molecule has 2 bridgehead atoms. The number of piperidine rings is 1. The molecular formula is C21H14F6N4O. The third-order valence-electron chi connectivity index (χ3n) is 6.10. The summed E-state index contributed by atoms with van der Waals surface area (Å²) in [6.45, 7) is 0. The maximum Gasteiger partial charge on any atom is 0.433 e. The molecule has 2 fully saturated rings. The lowest BCUT2D eigenvalue weighted by Gasteiger charge is -2.35. The van der Waals surface area contributed by atoms with E-state index in [0.29, 0.717) is 23.9 Å². The van der Waals surface area contributed by atoms with Gasteiger partial charge in [-0.25, -0.2) is 9.97 Å². The van der Waals surface area contributed by atoms with Crippen molar-refractivity contribution in [2.75, 3.05) is 4.90 Å². The van der Waals surface area contributed by atoms with Crippen LogP contribution in [0, 0.1) is 17.2 Å². The fourth-order valence-corrected chi connectivity index (χ4v) is 4.82. The van der Waals surface area contributed by atoms with Gasteiger partial charge in [0.25, 0.3) is 0 Å². The first-order valence-electron chi connectivity index (χ1n) is 9.81. The largest absolute Gasteiger partial charge is 0.438 e. The second kappa shape index (κ2) is 6.85. The quantitative estimate of drug-likeness (QED) is 0.456. The van der Waals surface area contributed by atoms with Gasteiger partial charge >= 0.3 is 12.4 Å². The SMILES string of the molecule is N#Cc1c(C(F)(F)F)cc(C(F)(F)F)nc1N1[C@@H]2CC[C@@H](C2)[C@H]1c1nc2ccccc2o1. The number of rotatable bonds is 2. The van der Waals surface area contributed by atoms with Gasteiger partial charge in [-0.15, -0.1) is 0 Å². The molecule has 0 unspecified atom stereocenters. The number of nitriles is 1. The number of aromatic nitrogens is 2. The van der Waals surface area contributed by atoms with Gasteiger partial charge in [0.1, 0.15) is 34.7 Å². The van der Waals surface area contributed by atoms with Crippen molar-refractivity contribution in [2.24, 2.45) is 5.92 Å². The number of para-hydroxylation sites is 2. The van der Waals surface area contributed by atoms with Crippen LogP contribution in [-0.2, 0) is 12.4 Å². The van der Waals surface area contributed by atoms with Crippen molar-refractivity contribution < 1.29 is 30.8 Å². The molecule has 5 rings (SSSR count). The number of oxazole rings is 1. The smallest absolute Gasteiger partial charge is 0.433 e. The highest BCUT2D eigenvalue weighted by molar-refractivity contribution is 5.72. The third kappa shape index (κ3) is 3.16. The molecule has 0 radical (unpaired) electrons. The van der Waals surface area contributed by atoms with Crippen molar-refractivity contribution >= 4 is 16.9 Å². The molecule has 0 spiro atoms. The Morgan fingerprint density at radius 3 is 2.44 bits per heavy atom. The zero-order valence-electron chi connectivity index (χ0n) is 16.2. The number of fused-ring (bicyclic) bond motifs is 3. The van der Waals surface area contributed by atoms with Crippen molar-refractivity contribution in [3.05, 3.63) is 53.0 Å². The zero-order valence-corrected chi connectivity index (χ0v) is 16.2. The molecule has 3 aromatic rings. The lowest BCUT2D eigenvalue weighted by Crippen LogP contribution is -2.37. The van der Waals surface area contributed by atoms with E-state index in [0.717, 1.165) is 6.42 Å². The summed E-state index contributed by atoms with van der Waals surface area (Å²) in [6.07, 6.45) is -8.46. The number of pyridine rings is 1. The summed E-state index contributed by atoms with van der Waals surface area (Å²) in [5.41, 5.74) is -3.30. The molecule has 1 saturated carbocycles. The number of nitrogens with zero attached hydrogens (tertiary/aromatic N) is 4. The lowest BCUT2D eigenvalue weighted by molar-refractivity contribution is -0.145. The Morgan fingerprint density at radius 2 is 1.78 bits per heavy atom. The van der Waals surface area contributed by atoms with Crippen LogP contribution < -0.4 is 4.90 Å². The summed E-state index contributed by atoms with van der Waals surface area (Å²) >= 11 is 0. The lowest BCUT2D eigenvalue weighted by atomic mass is 9.97. The Balaban J connectivity index is 1.72. The maximum absolute atomic E-state index is 13.6. The average molecular weight is 452 g/mol. The van der Waals surface area contributed by atoms with Gasteiger partial charge in [-0.2, -0.15) is 31.6 Å². The molecule has 11 heteroatoms. The summed E-state index contributed by atoms with van der Waals surface area (Å²) < 4.78 is 87.0. The summed E-state index contributed by atoms with van der Waals surface area (Å²) in [4.78, 5) is 9.33. The van der Waals surface area contributed by atoms with Gasteiger partial charge in [0.2, 0.25) is 5.89 Å². The fourth-order valence-electron chi connectivity index (χ4n) is 4.82. The Kier molecular flexibility index (Phi) is 4.41. The average Bonchev–Trinajstić information content (AvgIpc) is 3.44. The first-order chi connectivity index (χ1) is 15.1. The van der Waals surface area contributed by atoms with Gasteiger partial charge in [0, 0.05) is 6.04 Å². The molecular weight excluding hydrogens is 438 g/mol. The van der Waals surface area contributed by atoms with E-state index in [9.17, 15) is 31.6 Å². The highest BCUT2D eigenvalue weighted by atomic mass is 19.4. The van der Waals surface area contributed by atoms with Gasteiger partial charge in [-0.1, -0.05) is 12.1 Å². The maximum atomic E-state index is 13.6. The molecule has 0 N–H and O–H groups in total. The fraction of sp³-hybridized carbons (Fsp3) is 0.381. The minimum absolute atomic E-state index is 0.0923. The third-order valence-corrected chi connectivity index (χ3v) is 6.10. The Bertz CT molecular complexity index is 1210. The van der Waals surface area contributed by atoms with Crippen LogP contribution in [0.25, 0.3) is 11.1 Å². The molecule has 1 aliphatic heterocycles. The van der Waals surface area contributed by atoms with Crippen molar-refractivity contribution in [3.8, 4) is 6.07 Å². The van der Waals surface area contributed by atoms with E-state index in [1.807, 2.05) is 0 Å². The number of alkyl halides is 6. The molecule has 2 aromatic heterocycles. The monoisotopic (exact) mass is 452 g/mol. The summed E-state index contributed by atoms with van der Waals surface area (Å²) in [7, 11) is 0. The highest BCUT2D eigenvalue weighted by Crippen LogP contribution is 2.53. The molecule has 0 amide bonds. The van der Waals surface area contributed by atoms with E-state index in [2.05, 4.69) is 9.97 Å². The summed E-state index contributed by atoms with van der Waals surface area (Å²) in [5.74, 6) is -0.533. The van der Waals surface area contributed by atoms with Crippen LogP contribution >= 0.6 is 0 Å². The van der Waals surface area contributed by atoms with E-state index in [1.165, 1.54) is 11.0 Å². The van der Waals surface area contributed by atoms with Crippen molar-refractivity contribution in [1.29, 1.82) is 5.26 Å². The second-order valence-electron chi connectivity index (χ2n) is 7.96. The van der Waals surface area contributed by atoms with Crippen molar-refractivity contribution in [2.45, 2.75) is 43.7 Å². The Labute approximate surface area is 177 Å². The number of anilines is 1. The second-order valence-corrected chi connectivity index (χ2v) is 7.96. The molecule has 1 saturated heterocycles. The minimum Gasteiger partial charge on any atom is -0.438 e. The molecule has 2 aliphatic rings. The first-order valence-corrected chi connectivity index (χ1v) is 9.81. The first kappa shape index (κ1) is 20.6. The summed E-state index contributed by atoms with van der Waals surface area (Å²) in [5, 5.41) is 9.52. The van der Waals surface area contributed by atoms with Crippen LogP contribution in [-0.4, -0.2) is 16.0 Å². The molecule has 5 nitrogen and oxygen atoms in total. The van der Waals surface area contributed by atoms with E-state index in [4.69, 9.17) is 4.42 Å². The number of hydrogen-bond acceptors (Lipinski definition) is 5. The number of benzene rings is 1. The molecule has 166 valence electrons. The van der Waals surface area contributed by atoms with Crippen LogP contribution in [0.5, 0.6) is 0 Å². The molecule has 3 heterocycles. The van der Waals surface area contributed by atoms with Crippen LogP contribution in [0.1, 0.15) is 48.0 Å². The molecule has 1 aromatic carbocycles. The molecule has 3 atom stereocenters. The normalized spacial score (nSPS) is 23.2. The van der Waals surface area contributed by atoms with Gasteiger partial charge < -0.3 is 9.32 Å².